The maximum Gasteiger partial charge on any atom is 0.243 e. The van der Waals surface area contributed by atoms with Crippen molar-refractivity contribution in [3.63, 3.8) is 0 Å². The van der Waals surface area contributed by atoms with Gasteiger partial charge in [0, 0.05) is 7.05 Å². The maximum atomic E-state index is 13.2. The fraction of sp³-hybridized carbons (Fsp3) is 0.381. The van der Waals surface area contributed by atoms with Crippen LogP contribution in [0.1, 0.15) is 41.6 Å². The van der Waals surface area contributed by atoms with Gasteiger partial charge in [0.1, 0.15) is 11.8 Å². The predicted octanol–water partition coefficient (Wildman–Crippen LogP) is 2.82. The minimum atomic E-state index is -3.55. The van der Waals surface area contributed by atoms with Crippen LogP contribution in [0.25, 0.3) is 0 Å². The van der Waals surface area contributed by atoms with Crippen LogP contribution >= 0.6 is 0 Å². The molecule has 1 aliphatic rings. The van der Waals surface area contributed by atoms with Crippen LogP contribution in [-0.2, 0) is 21.2 Å². The van der Waals surface area contributed by atoms with Crippen LogP contribution in [0.4, 0.5) is 0 Å². The summed E-state index contributed by atoms with van der Waals surface area (Å²) < 4.78 is 30.7. The largest absolute Gasteiger partial charge is 0.497 e. The summed E-state index contributed by atoms with van der Waals surface area (Å²) in [6.45, 7) is 0. The normalized spacial score (nSPS) is 17.6. The molecular weight excluding hydrogens is 376 g/mol. The summed E-state index contributed by atoms with van der Waals surface area (Å²) in [4.78, 5) is 13.2. The van der Waals surface area contributed by atoms with Gasteiger partial charge >= 0.3 is 0 Å². The van der Waals surface area contributed by atoms with Gasteiger partial charge in [-0.15, -0.1) is 0 Å². The Morgan fingerprint density at radius 2 is 1.93 bits per heavy atom. The van der Waals surface area contributed by atoms with Gasteiger partial charge in [0.05, 0.1) is 19.4 Å². The molecule has 0 heterocycles. The third-order valence-electron chi connectivity index (χ3n) is 5.23. The second-order valence-corrected chi connectivity index (χ2v) is 9.15. The van der Waals surface area contributed by atoms with Crippen LogP contribution < -0.4 is 10.1 Å². The van der Waals surface area contributed by atoms with Gasteiger partial charge < -0.3 is 10.1 Å². The number of fused-ring (bicyclic) bond motifs is 1. The first-order valence-corrected chi connectivity index (χ1v) is 11.1. The van der Waals surface area contributed by atoms with Gasteiger partial charge in [0.25, 0.3) is 0 Å². The molecule has 0 fully saturated rings. The number of benzene rings is 2. The van der Waals surface area contributed by atoms with Crippen LogP contribution in [0.5, 0.6) is 5.75 Å². The first-order valence-electron chi connectivity index (χ1n) is 9.26. The van der Waals surface area contributed by atoms with Gasteiger partial charge in [-0.25, -0.2) is 8.42 Å². The molecule has 1 N–H and O–H groups in total. The second kappa shape index (κ2) is 8.32. The lowest BCUT2D eigenvalue weighted by atomic mass is 9.87. The number of sulfonamides is 1. The molecule has 2 atom stereocenters. The van der Waals surface area contributed by atoms with Gasteiger partial charge in [-0.05, 0) is 48.1 Å². The molecule has 1 aliphatic carbocycles. The monoisotopic (exact) mass is 402 g/mol. The zero-order valence-electron chi connectivity index (χ0n) is 16.4. The molecule has 6 nitrogen and oxygen atoms in total. The topological polar surface area (TPSA) is 75.7 Å². The molecule has 0 unspecified atom stereocenters. The van der Waals surface area contributed by atoms with E-state index in [2.05, 4.69) is 5.32 Å². The minimum absolute atomic E-state index is 0.152. The summed E-state index contributed by atoms with van der Waals surface area (Å²) in [5.41, 5.74) is 2.86. The number of hydrogen-bond acceptors (Lipinski definition) is 4. The number of amides is 1. The lowest BCUT2D eigenvalue weighted by Gasteiger charge is -2.31. The highest BCUT2D eigenvalue weighted by atomic mass is 32.2. The molecule has 28 heavy (non-hydrogen) atoms. The number of methoxy groups -OCH3 is 1. The van der Waals surface area contributed by atoms with E-state index in [0.29, 0.717) is 5.56 Å². The molecular formula is C21H26N2O4S. The molecule has 2 aromatic carbocycles. The standard InChI is InChI=1S/C21H26N2O4S/c1-23(28(3,25)26)20(15-8-5-4-6-9-15)21(24)22-19-11-7-10-16-14-17(27-2)12-13-18(16)19/h4-6,8-9,12-14,19-20H,7,10-11H2,1-3H3,(H,22,24)/t19-,20+/m1/s1. The Morgan fingerprint density at radius 3 is 2.57 bits per heavy atom. The van der Waals surface area contributed by atoms with Crippen molar-refractivity contribution in [1.82, 2.24) is 9.62 Å². The molecule has 0 aromatic heterocycles. The number of ether oxygens (including phenoxy) is 1. The van der Waals surface area contributed by atoms with E-state index in [1.54, 1.807) is 31.4 Å². The van der Waals surface area contributed by atoms with Crippen LogP contribution in [-0.4, -0.2) is 39.0 Å². The van der Waals surface area contributed by atoms with Gasteiger partial charge in [-0.1, -0.05) is 36.4 Å². The lowest BCUT2D eigenvalue weighted by Crippen LogP contribution is -2.43. The Labute approximate surface area is 166 Å². The van der Waals surface area contributed by atoms with E-state index in [9.17, 15) is 13.2 Å². The van der Waals surface area contributed by atoms with Crippen LogP contribution in [0.3, 0.4) is 0 Å². The van der Waals surface area contributed by atoms with Crippen molar-refractivity contribution in [2.45, 2.75) is 31.3 Å². The summed E-state index contributed by atoms with van der Waals surface area (Å²) in [7, 11) is -0.479. The van der Waals surface area contributed by atoms with Crippen molar-refractivity contribution in [2.75, 3.05) is 20.4 Å². The molecule has 0 spiro atoms. The van der Waals surface area contributed by atoms with Crippen molar-refractivity contribution in [3.05, 3.63) is 65.2 Å². The van der Waals surface area contributed by atoms with Crippen LogP contribution in [0, 0.1) is 0 Å². The van der Waals surface area contributed by atoms with E-state index in [0.717, 1.165) is 46.7 Å². The van der Waals surface area contributed by atoms with E-state index in [1.807, 2.05) is 24.3 Å². The summed E-state index contributed by atoms with van der Waals surface area (Å²) in [6.07, 6.45) is 3.81. The van der Waals surface area contributed by atoms with Gasteiger partial charge in [-0.2, -0.15) is 4.31 Å². The van der Waals surface area contributed by atoms with Gasteiger partial charge in [0.2, 0.25) is 15.9 Å². The third-order valence-corrected chi connectivity index (χ3v) is 6.49. The van der Waals surface area contributed by atoms with Crippen molar-refractivity contribution < 1.29 is 17.9 Å². The van der Waals surface area contributed by atoms with E-state index in [4.69, 9.17) is 4.74 Å². The number of nitrogens with one attached hydrogen (secondary N) is 1. The van der Waals surface area contributed by atoms with Gasteiger partial charge in [-0.3, -0.25) is 4.79 Å². The smallest absolute Gasteiger partial charge is 0.243 e. The molecule has 0 bridgehead atoms. The molecule has 1 amide bonds. The Balaban J connectivity index is 1.89. The maximum absolute atomic E-state index is 13.2. The number of rotatable bonds is 6. The van der Waals surface area contributed by atoms with Crippen molar-refractivity contribution >= 4 is 15.9 Å². The number of likely N-dealkylation sites (N-methyl/N-ethyl adjacent to an activating group) is 1. The fourth-order valence-electron chi connectivity index (χ4n) is 3.67. The molecule has 3 rings (SSSR count). The second-order valence-electron chi connectivity index (χ2n) is 7.11. The zero-order valence-corrected chi connectivity index (χ0v) is 17.2. The predicted molar refractivity (Wildman–Crippen MR) is 109 cm³/mol. The first-order chi connectivity index (χ1) is 13.3. The molecule has 2 aromatic rings. The summed E-state index contributed by atoms with van der Waals surface area (Å²) >= 11 is 0. The quantitative estimate of drug-likeness (QED) is 0.806. The van der Waals surface area contributed by atoms with Crippen molar-refractivity contribution in [1.29, 1.82) is 0 Å². The number of carbonyl (C=O) groups is 1. The first kappa shape index (κ1) is 20.4. The van der Waals surface area contributed by atoms with E-state index in [1.165, 1.54) is 7.05 Å². The minimum Gasteiger partial charge on any atom is -0.497 e. The molecule has 0 saturated carbocycles. The Morgan fingerprint density at radius 1 is 1.21 bits per heavy atom. The highest BCUT2D eigenvalue weighted by Crippen LogP contribution is 2.33. The molecule has 0 radical (unpaired) electrons. The zero-order chi connectivity index (χ0) is 20.3. The van der Waals surface area contributed by atoms with Crippen molar-refractivity contribution in [3.8, 4) is 5.75 Å². The highest BCUT2D eigenvalue weighted by Gasteiger charge is 2.33. The average molecular weight is 403 g/mol. The van der Waals surface area contributed by atoms with Crippen LogP contribution in [0.2, 0.25) is 0 Å². The third kappa shape index (κ3) is 4.36. The summed E-state index contributed by atoms with van der Waals surface area (Å²) in [6, 6.07) is 13.8. The summed E-state index contributed by atoms with van der Waals surface area (Å²) in [5.74, 6) is 0.470. The number of hydrogen-bond donors (Lipinski definition) is 1. The van der Waals surface area contributed by atoms with Crippen molar-refractivity contribution in [2.24, 2.45) is 0 Å². The molecule has 7 heteroatoms. The number of nitrogens with zero attached hydrogens (tertiary/aromatic N) is 1. The molecule has 0 saturated heterocycles. The highest BCUT2D eigenvalue weighted by molar-refractivity contribution is 7.88. The van der Waals surface area contributed by atoms with E-state index in [-0.39, 0.29) is 11.9 Å². The number of aryl methyl sites for hydroxylation is 1. The Bertz CT molecular complexity index is 944. The average Bonchev–Trinajstić information content (AvgIpc) is 2.68. The fourth-order valence-corrected chi connectivity index (χ4v) is 4.27. The molecule has 0 aliphatic heterocycles. The Kier molecular flexibility index (Phi) is 6.05. The van der Waals surface area contributed by atoms with E-state index >= 15 is 0 Å². The SMILES string of the molecule is COc1ccc2c(c1)CCC[C@H]2NC(=O)[C@H](c1ccccc1)N(C)S(C)(=O)=O. The van der Waals surface area contributed by atoms with Gasteiger partial charge in [0.15, 0.2) is 0 Å². The van der Waals surface area contributed by atoms with Crippen LogP contribution in [0.15, 0.2) is 48.5 Å². The molecule has 150 valence electrons. The number of carbonyl (C=O) groups excluding carboxylic acids is 1. The van der Waals surface area contributed by atoms with E-state index < -0.39 is 16.1 Å². The Hall–Kier alpha value is -2.38. The lowest BCUT2D eigenvalue weighted by molar-refractivity contribution is -0.125. The summed E-state index contributed by atoms with van der Waals surface area (Å²) in [5, 5.41) is 3.08.